The van der Waals surface area contributed by atoms with Crippen LogP contribution < -0.4 is 5.73 Å². The van der Waals surface area contributed by atoms with Crippen LogP contribution in [0.3, 0.4) is 0 Å². The van der Waals surface area contributed by atoms with Crippen LogP contribution in [0.5, 0.6) is 0 Å². The summed E-state index contributed by atoms with van der Waals surface area (Å²) in [6.07, 6.45) is 5.65. The van der Waals surface area contributed by atoms with Crippen LogP contribution in [-0.2, 0) is 9.63 Å². The van der Waals surface area contributed by atoms with E-state index < -0.39 is 0 Å². The molecule has 4 heteroatoms. The van der Waals surface area contributed by atoms with E-state index in [1.807, 2.05) is 5.06 Å². The average molecular weight is 270 g/mol. The highest BCUT2D eigenvalue weighted by atomic mass is 16.7. The smallest absolute Gasteiger partial charge is 0.322 e. The van der Waals surface area contributed by atoms with Gasteiger partial charge >= 0.3 is 5.97 Å². The predicted molar refractivity (Wildman–Crippen MR) is 77.4 cm³/mol. The number of nitrogens with two attached hydrogens (primary N) is 1. The summed E-state index contributed by atoms with van der Waals surface area (Å²) in [6.45, 7) is 10.9. The molecule has 0 atom stereocenters. The maximum absolute atomic E-state index is 11.3. The maximum Gasteiger partial charge on any atom is 0.322 e. The van der Waals surface area contributed by atoms with Crippen molar-refractivity contribution >= 4 is 5.97 Å². The van der Waals surface area contributed by atoms with E-state index in [-0.39, 0.29) is 17.0 Å². The molecule has 0 amide bonds. The molecule has 0 aromatic heterocycles. The van der Waals surface area contributed by atoms with E-state index in [1.54, 1.807) is 0 Å². The van der Waals surface area contributed by atoms with E-state index in [0.29, 0.717) is 5.92 Å². The zero-order chi connectivity index (χ0) is 14.7. The molecule has 0 spiro atoms. The van der Waals surface area contributed by atoms with Gasteiger partial charge in [0, 0.05) is 6.92 Å². The summed E-state index contributed by atoms with van der Waals surface area (Å²) in [5.41, 5.74) is 5.34. The number of hydrogen-bond donors (Lipinski definition) is 1. The van der Waals surface area contributed by atoms with Crippen LogP contribution in [0.2, 0.25) is 0 Å². The Balaban J connectivity index is 2.72. The molecule has 0 aliphatic carbocycles. The Morgan fingerprint density at radius 2 is 1.74 bits per heavy atom. The lowest BCUT2D eigenvalue weighted by Gasteiger charge is -2.53. The fourth-order valence-corrected chi connectivity index (χ4v) is 3.63. The summed E-state index contributed by atoms with van der Waals surface area (Å²) >= 11 is 0. The number of unbranched alkanes of at least 4 members (excludes halogenated alkanes) is 1. The summed E-state index contributed by atoms with van der Waals surface area (Å²) in [5.74, 6) is 0.450. The maximum atomic E-state index is 11.3. The quantitative estimate of drug-likeness (QED) is 0.780. The largest absolute Gasteiger partial charge is 0.367 e. The average Bonchev–Trinajstić information content (AvgIpc) is 2.23. The van der Waals surface area contributed by atoms with Gasteiger partial charge < -0.3 is 10.6 Å². The van der Waals surface area contributed by atoms with Gasteiger partial charge in [0.1, 0.15) is 0 Å². The Hall–Kier alpha value is -0.610. The molecule has 112 valence electrons. The molecule has 1 saturated heterocycles. The van der Waals surface area contributed by atoms with Crippen molar-refractivity contribution in [2.45, 2.75) is 77.8 Å². The molecule has 0 saturated carbocycles. The van der Waals surface area contributed by atoms with E-state index in [9.17, 15) is 4.79 Å². The Bertz CT molecular complexity index is 295. The van der Waals surface area contributed by atoms with Gasteiger partial charge in [0.25, 0.3) is 0 Å². The number of piperidine rings is 1. The van der Waals surface area contributed by atoms with E-state index >= 15 is 0 Å². The Morgan fingerprint density at radius 1 is 1.21 bits per heavy atom. The molecule has 1 aliphatic heterocycles. The van der Waals surface area contributed by atoms with Gasteiger partial charge in [-0.15, -0.1) is 5.06 Å². The number of hydroxylamine groups is 2. The van der Waals surface area contributed by atoms with Crippen molar-refractivity contribution in [2.75, 3.05) is 6.54 Å². The SMILES string of the molecule is CC(=O)ON1C(C)(C)CC(CCCCN)CC1(C)C. The first-order chi connectivity index (χ1) is 8.69. The van der Waals surface area contributed by atoms with E-state index in [1.165, 1.54) is 19.8 Å². The fraction of sp³-hybridized carbons (Fsp3) is 0.933. The first kappa shape index (κ1) is 16.4. The molecule has 1 rings (SSSR count). The first-order valence-electron chi connectivity index (χ1n) is 7.38. The molecule has 1 heterocycles. The Kier molecular flexibility index (Phi) is 5.39. The van der Waals surface area contributed by atoms with E-state index in [2.05, 4.69) is 27.7 Å². The third kappa shape index (κ3) is 4.46. The number of hydrogen-bond acceptors (Lipinski definition) is 4. The molecule has 1 fully saturated rings. The molecule has 0 radical (unpaired) electrons. The van der Waals surface area contributed by atoms with Crippen molar-refractivity contribution in [3.05, 3.63) is 0 Å². The van der Waals surface area contributed by atoms with Gasteiger partial charge in [-0.1, -0.05) is 12.8 Å². The highest BCUT2D eigenvalue weighted by molar-refractivity contribution is 5.65. The second-order valence-electron chi connectivity index (χ2n) is 7.06. The van der Waals surface area contributed by atoms with Crippen LogP contribution in [0, 0.1) is 5.92 Å². The van der Waals surface area contributed by atoms with Gasteiger partial charge in [0.05, 0.1) is 11.1 Å². The molecule has 0 aromatic carbocycles. The van der Waals surface area contributed by atoms with Crippen molar-refractivity contribution in [1.82, 2.24) is 5.06 Å². The number of nitrogens with zero attached hydrogens (tertiary/aromatic N) is 1. The normalized spacial score (nSPS) is 23.3. The zero-order valence-electron chi connectivity index (χ0n) is 13.2. The van der Waals surface area contributed by atoms with Crippen LogP contribution in [0.4, 0.5) is 0 Å². The minimum atomic E-state index is -0.234. The van der Waals surface area contributed by atoms with Gasteiger partial charge in [0.15, 0.2) is 0 Å². The zero-order valence-corrected chi connectivity index (χ0v) is 13.2. The highest BCUT2D eigenvalue weighted by Crippen LogP contribution is 2.43. The molecular formula is C15H30N2O2. The molecule has 1 aliphatic rings. The molecule has 19 heavy (non-hydrogen) atoms. The van der Waals surface area contributed by atoms with Gasteiger partial charge in [0.2, 0.25) is 0 Å². The molecule has 0 bridgehead atoms. The predicted octanol–water partition coefficient (Wildman–Crippen LogP) is 2.86. The summed E-state index contributed by atoms with van der Waals surface area (Å²) in [7, 11) is 0. The van der Waals surface area contributed by atoms with E-state index in [4.69, 9.17) is 10.6 Å². The van der Waals surface area contributed by atoms with Crippen molar-refractivity contribution in [2.24, 2.45) is 11.7 Å². The van der Waals surface area contributed by atoms with Gasteiger partial charge in [-0.05, 0) is 59.4 Å². The molecular weight excluding hydrogens is 240 g/mol. The van der Waals surface area contributed by atoms with Crippen LogP contribution in [0.1, 0.15) is 66.7 Å². The lowest BCUT2D eigenvalue weighted by molar-refractivity contribution is -0.270. The van der Waals surface area contributed by atoms with Crippen molar-refractivity contribution in [1.29, 1.82) is 0 Å². The summed E-state index contributed by atoms with van der Waals surface area (Å²) < 4.78 is 0. The Morgan fingerprint density at radius 3 is 2.16 bits per heavy atom. The minimum Gasteiger partial charge on any atom is -0.367 e. The molecule has 4 nitrogen and oxygen atoms in total. The second kappa shape index (κ2) is 6.23. The minimum absolute atomic E-state index is 0.110. The molecule has 0 aromatic rings. The highest BCUT2D eigenvalue weighted by Gasteiger charge is 2.47. The number of carbonyl (C=O) groups excluding carboxylic acids is 1. The lowest BCUT2D eigenvalue weighted by atomic mass is 9.73. The Labute approximate surface area is 117 Å². The van der Waals surface area contributed by atoms with Gasteiger partial charge in [-0.3, -0.25) is 4.79 Å². The van der Waals surface area contributed by atoms with E-state index in [0.717, 1.165) is 25.8 Å². The molecule has 2 N–H and O–H groups in total. The third-order valence-electron chi connectivity index (χ3n) is 3.96. The van der Waals surface area contributed by atoms with Crippen LogP contribution in [0.25, 0.3) is 0 Å². The van der Waals surface area contributed by atoms with Crippen molar-refractivity contribution in [3.63, 3.8) is 0 Å². The van der Waals surface area contributed by atoms with Crippen LogP contribution in [-0.4, -0.2) is 28.7 Å². The topological polar surface area (TPSA) is 55.6 Å². The van der Waals surface area contributed by atoms with Crippen LogP contribution >= 0.6 is 0 Å². The monoisotopic (exact) mass is 270 g/mol. The second-order valence-corrected chi connectivity index (χ2v) is 7.06. The fourth-order valence-electron chi connectivity index (χ4n) is 3.63. The standard InChI is InChI=1S/C15H30N2O2/c1-12(18)19-17-14(2,3)10-13(8-6-7-9-16)11-15(17,4)5/h13H,6-11,16H2,1-5H3. The summed E-state index contributed by atoms with van der Waals surface area (Å²) in [4.78, 5) is 16.8. The molecule has 0 unspecified atom stereocenters. The lowest BCUT2D eigenvalue weighted by Crippen LogP contribution is -2.60. The summed E-state index contributed by atoms with van der Waals surface area (Å²) in [6, 6.07) is 0. The van der Waals surface area contributed by atoms with Gasteiger partial charge in [-0.25, -0.2) is 0 Å². The third-order valence-corrected chi connectivity index (χ3v) is 3.96. The van der Waals surface area contributed by atoms with Gasteiger partial charge in [-0.2, -0.15) is 0 Å². The van der Waals surface area contributed by atoms with Crippen molar-refractivity contribution < 1.29 is 9.63 Å². The first-order valence-corrected chi connectivity index (χ1v) is 7.38. The number of rotatable bonds is 5. The van der Waals surface area contributed by atoms with Crippen molar-refractivity contribution in [3.8, 4) is 0 Å². The van der Waals surface area contributed by atoms with Crippen LogP contribution in [0.15, 0.2) is 0 Å². The number of carbonyl (C=O) groups is 1. The summed E-state index contributed by atoms with van der Waals surface area (Å²) in [5, 5.41) is 1.90.